The van der Waals surface area contributed by atoms with Crippen molar-refractivity contribution in [1.29, 1.82) is 0 Å². The topological polar surface area (TPSA) is 73.5 Å². The molecule has 2 atom stereocenters. The Bertz CT molecular complexity index is 604. The summed E-state index contributed by atoms with van der Waals surface area (Å²) in [7, 11) is 1.59. The third-order valence-corrected chi connectivity index (χ3v) is 3.48. The second-order valence-corrected chi connectivity index (χ2v) is 5.52. The fourth-order valence-corrected chi connectivity index (χ4v) is 2.62. The maximum atomic E-state index is 5.74. The van der Waals surface area contributed by atoms with Gasteiger partial charge in [-0.2, -0.15) is 4.98 Å². The lowest BCUT2D eigenvalue weighted by atomic mass is 10.2. The van der Waals surface area contributed by atoms with E-state index in [2.05, 4.69) is 33.9 Å². The van der Waals surface area contributed by atoms with Crippen LogP contribution in [-0.2, 0) is 16.1 Å². The van der Waals surface area contributed by atoms with E-state index < -0.39 is 0 Å². The van der Waals surface area contributed by atoms with Gasteiger partial charge in [-0.3, -0.25) is 0 Å². The number of nitrogens with zero attached hydrogens (tertiary/aromatic N) is 4. The predicted molar refractivity (Wildman–Crippen MR) is 80.5 cm³/mol. The van der Waals surface area contributed by atoms with E-state index >= 15 is 0 Å². The Morgan fingerprint density at radius 2 is 2.05 bits per heavy atom. The monoisotopic (exact) mass is 304 g/mol. The summed E-state index contributed by atoms with van der Waals surface area (Å²) < 4.78 is 15.9. The van der Waals surface area contributed by atoms with E-state index in [1.807, 2.05) is 12.1 Å². The highest BCUT2D eigenvalue weighted by Crippen LogP contribution is 2.22. The van der Waals surface area contributed by atoms with E-state index in [1.54, 1.807) is 13.3 Å². The van der Waals surface area contributed by atoms with Crippen LogP contribution in [0.2, 0.25) is 0 Å². The van der Waals surface area contributed by atoms with Crippen molar-refractivity contribution in [1.82, 2.24) is 15.1 Å². The summed E-state index contributed by atoms with van der Waals surface area (Å²) in [5.74, 6) is 1.91. The molecule has 7 heteroatoms. The maximum absolute atomic E-state index is 5.74. The van der Waals surface area contributed by atoms with Gasteiger partial charge < -0.3 is 18.9 Å². The van der Waals surface area contributed by atoms with Crippen molar-refractivity contribution < 1.29 is 14.0 Å². The SMILES string of the molecule is COCc1noc(-c2ccc(N3C[C@@H](C)O[C@@H](C)C3)nc2)n1. The summed E-state index contributed by atoms with van der Waals surface area (Å²) in [6, 6.07) is 3.91. The van der Waals surface area contributed by atoms with Crippen molar-refractivity contribution in [2.24, 2.45) is 0 Å². The van der Waals surface area contributed by atoms with Crippen LogP contribution in [0.4, 0.5) is 5.82 Å². The van der Waals surface area contributed by atoms with Crippen molar-refractivity contribution in [3.8, 4) is 11.5 Å². The Morgan fingerprint density at radius 3 is 2.68 bits per heavy atom. The number of hydrogen-bond acceptors (Lipinski definition) is 7. The standard InChI is InChI=1S/C15H20N4O3/c1-10-7-19(8-11(2)21-10)14-5-4-12(6-16-14)15-17-13(9-20-3)18-22-15/h4-6,10-11H,7-9H2,1-3H3/t10-,11+. The molecule has 1 fully saturated rings. The molecule has 0 spiro atoms. The molecule has 1 saturated heterocycles. The lowest BCUT2D eigenvalue weighted by molar-refractivity contribution is -0.00545. The molecule has 1 aliphatic rings. The minimum Gasteiger partial charge on any atom is -0.377 e. The average Bonchev–Trinajstić information content (AvgIpc) is 2.95. The number of ether oxygens (including phenoxy) is 2. The van der Waals surface area contributed by atoms with Crippen LogP contribution >= 0.6 is 0 Å². The summed E-state index contributed by atoms with van der Waals surface area (Å²) in [6.45, 7) is 6.17. The molecule has 0 aromatic carbocycles. The summed E-state index contributed by atoms with van der Waals surface area (Å²) in [5, 5.41) is 3.85. The van der Waals surface area contributed by atoms with Crippen LogP contribution in [0.25, 0.3) is 11.5 Å². The van der Waals surface area contributed by atoms with Crippen molar-refractivity contribution in [3.05, 3.63) is 24.2 Å². The van der Waals surface area contributed by atoms with E-state index in [9.17, 15) is 0 Å². The summed E-state index contributed by atoms with van der Waals surface area (Å²) in [6.07, 6.45) is 2.17. The lowest BCUT2D eigenvalue weighted by Crippen LogP contribution is -2.45. The van der Waals surface area contributed by atoms with Gasteiger partial charge in [0.1, 0.15) is 12.4 Å². The van der Waals surface area contributed by atoms with E-state index in [1.165, 1.54) is 0 Å². The van der Waals surface area contributed by atoms with E-state index in [0.29, 0.717) is 18.3 Å². The minimum atomic E-state index is 0.206. The normalized spacial score (nSPS) is 22.0. The number of methoxy groups -OCH3 is 1. The van der Waals surface area contributed by atoms with Gasteiger partial charge >= 0.3 is 0 Å². The molecule has 3 heterocycles. The molecule has 1 aliphatic heterocycles. The Morgan fingerprint density at radius 1 is 1.27 bits per heavy atom. The average molecular weight is 304 g/mol. The second kappa shape index (κ2) is 6.41. The summed E-state index contributed by atoms with van der Waals surface area (Å²) >= 11 is 0. The van der Waals surface area contributed by atoms with Crippen molar-refractivity contribution in [2.45, 2.75) is 32.7 Å². The second-order valence-electron chi connectivity index (χ2n) is 5.52. The van der Waals surface area contributed by atoms with Crippen LogP contribution < -0.4 is 4.90 Å². The Kier molecular flexibility index (Phi) is 4.35. The quantitative estimate of drug-likeness (QED) is 0.854. The zero-order valence-corrected chi connectivity index (χ0v) is 13.0. The molecular formula is C15H20N4O3. The predicted octanol–water partition coefficient (Wildman–Crippen LogP) is 1.89. The zero-order valence-electron chi connectivity index (χ0n) is 13.0. The summed E-state index contributed by atoms with van der Waals surface area (Å²) in [5.41, 5.74) is 0.799. The molecule has 2 aromatic rings. The van der Waals surface area contributed by atoms with Gasteiger partial charge in [-0.1, -0.05) is 5.16 Å². The number of morpholine rings is 1. The fraction of sp³-hybridized carbons (Fsp3) is 0.533. The van der Waals surface area contributed by atoms with Crippen LogP contribution in [-0.4, -0.2) is 47.5 Å². The highest BCUT2D eigenvalue weighted by molar-refractivity contribution is 5.54. The fourth-order valence-electron chi connectivity index (χ4n) is 2.62. The molecule has 118 valence electrons. The van der Waals surface area contributed by atoms with Gasteiger partial charge in [0.2, 0.25) is 0 Å². The smallest absolute Gasteiger partial charge is 0.259 e. The Hall–Kier alpha value is -1.99. The van der Waals surface area contributed by atoms with Gasteiger partial charge in [0.25, 0.3) is 5.89 Å². The van der Waals surface area contributed by atoms with E-state index in [0.717, 1.165) is 24.5 Å². The Balaban J connectivity index is 1.74. The summed E-state index contributed by atoms with van der Waals surface area (Å²) in [4.78, 5) is 11.0. The Labute approximate surface area is 129 Å². The first kappa shape index (κ1) is 14.9. The highest BCUT2D eigenvalue weighted by atomic mass is 16.5. The van der Waals surface area contributed by atoms with E-state index in [4.69, 9.17) is 14.0 Å². The molecule has 0 aliphatic carbocycles. The van der Waals surface area contributed by atoms with Crippen molar-refractivity contribution in [3.63, 3.8) is 0 Å². The third kappa shape index (κ3) is 3.26. The van der Waals surface area contributed by atoms with Crippen LogP contribution in [0.1, 0.15) is 19.7 Å². The minimum absolute atomic E-state index is 0.206. The number of rotatable bonds is 4. The molecular weight excluding hydrogens is 284 g/mol. The first-order valence-corrected chi connectivity index (χ1v) is 7.34. The van der Waals surface area contributed by atoms with Crippen molar-refractivity contribution >= 4 is 5.82 Å². The molecule has 22 heavy (non-hydrogen) atoms. The van der Waals surface area contributed by atoms with Gasteiger partial charge in [-0.25, -0.2) is 4.98 Å². The molecule has 0 amide bonds. The highest BCUT2D eigenvalue weighted by Gasteiger charge is 2.23. The van der Waals surface area contributed by atoms with Crippen LogP contribution in [0.15, 0.2) is 22.9 Å². The van der Waals surface area contributed by atoms with Crippen LogP contribution in [0, 0.1) is 0 Å². The zero-order chi connectivity index (χ0) is 15.5. The number of aromatic nitrogens is 3. The lowest BCUT2D eigenvalue weighted by Gasteiger charge is -2.36. The molecule has 2 aromatic heterocycles. The van der Waals surface area contributed by atoms with Gasteiger partial charge in [-0.15, -0.1) is 0 Å². The van der Waals surface area contributed by atoms with E-state index in [-0.39, 0.29) is 12.2 Å². The first-order valence-electron chi connectivity index (χ1n) is 7.34. The van der Waals surface area contributed by atoms with Crippen LogP contribution in [0.5, 0.6) is 0 Å². The van der Waals surface area contributed by atoms with Gasteiger partial charge in [-0.05, 0) is 26.0 Å². The largest absolute Gasteiger partial charge is 0.377 e. The molecule has 0 saturated carbocycles. The van der Waals surface area contributed by atoms with Crippen molar-refractivity contribution in [2.75, 3.05) is 25.1 Å². The third-order valence-electron chi connectivity index (χ3n) is 3.48. The van der Waals surface area contributed by atoms with Crippen LogP contribution in [0.3, 0.4) is 0 Å². The molecule has 0 N–H and O–H groups in total. The maximum Gasteiger partial charge on any atom is 0.259 e. The molecule has 7 nitrogen and oxygen atoms in total. The van der Waals surface area contributed by atoms with Gasteiger partial charge in [0, 0.05) is 26.4 Å². The number of anilines is 1. The molecule has 0 radical (unpaired) electrons. The number of pyridine rings is 1. The number of hydrogen-bond donors (Lipinski definition) is 0. The first-order chi connectivity index (χ1) is 10.7. The van der Waals surface area contributed by atoms with Gasteiger partial charge in [0.05, 0.1) is 17.8 Å². The molecule has 3 rings (SSSR count). The van der Waals surface area contributed by atoms with Gasteiger partial charge in [0.15, 0.2) is 5.82 Å². The molecule has 0 unspecified atom stereocenters. The molecule has 0 bridgehead atoms.